The zero-order valence-corrected chi connectivity index (χ0v) is 30.6. The van der Waals surface area contributed by atoms with Gasteiger partial charge >= 0.3 is 0 Å². The Morgan fingerprint density at radius 2 is 1.09 bits per heavy atom. The number of fused-ring (bicyclic) bond motifs is 13. The fourth-order valence-corrected chi connectivity index (χ4v) is 10.2. The second-order valence-electron chi connectivity index (χ2n) is 13.5. The van der Waals surface area contributed by atoms with Gasteiger partial charge in [0.2, 0.25) is 0 Å². The number of anilines is 1. The maximum absolute atomic E-state index is 8.27. The Morgan fingerprint density at radius 1 is 0.491 bits per heavy atom. The molecule has 0 radical (unpaired) electrons. The number of hydrogen-bond acceptors (Lipinski definition) is 4. The van der Waals surface area contributed by atoms with Gasteiger partial charge in [-0.1, -0.05) is 133 Å². The van der Waals surface area contributed by atoms with Gasteiger partial charge < -0.3 is 10.3 Å². The number of aryl methyl sites for hydroxylation is 1. The van der Waals surface area contributed by atoms with Crippen molar-refractivity contribution < 1.29 is 0 Å². The van der Waals surface area contributed by atoms with Gasteiger partial charge in [0.25, 0.3) is 0 Å². The van der Waals surface area contributed by atoms with Gasteiger partial charge in [-0.15, -0.1) is 22.7 Å². The van der Waals surface area contributed by atoms with Gasteiger partial charge in [-0.3, -0.25) is 5.41 Å². The molecule has 252 valence electrons. The number of rotatable bonds is 3. The molecule has 0 fully saturated rings. The molecular weight excluding hydrogens is 683 g/mol. The molecule has 5 heteroatoms. The summed E-state index contributed by atoms with van der Waals surface area (Å²) in [5.74, 6) is 0. The molecule has 0 unspecified atom stereocenters. The summed E-state index contributed by atoms with van der Waals surface area (Å²) >= 11 is 3.50. The summed E-state index contributed by atoms with van der Waals surface area (Å²) in [6, 6.07) is 57.9. The van der Waals surface area contributed by atoms with Gasteiger partial charge in [-0.25, -0.2) is 0 Å². The third-order valence-electron chi connectivity index (χ3n) is 10.4. The standard InChI is InChI=1S/C33H21NS.C15H12N2S/c1-20-14-16-21(17-15-20)34-27-12-6-4-10-25(27)30-28(34)19-18-23-22-8-2-3-9-24(22)33-32(31(23)30)26-11-5-7-13-29(26)35-33;16-13(10-6-2-1-3-7-10)15-14(17)11-8-4-5-9-12(11)18-15/h2-19H,1H3;1-9,16H,17H2. The van der Waals surface area contributed by atoms with E-state index in [1.165, 1.54) is 74.8 Å². The molecule has 3 N–H and O–H groups in total. The molecule has 11 rings (SSSR count). The van der Waals surface area contributed by atoms with E-state index in [4.69, 9.17) is 11.1 Å². The molecule has 0 aliphatic carbocycles. The highest BCUT2D eigenvalue weighted by atomic mass is 32.1. The predicted octanol–water partition coefficient (Wildman–Crippen LogP) is 13.7. The van der Waals surface area contributed by atoms with E-state index in [2.05, 4.69) is 121 Å². The first kappa shape index (κ1) is 31.5. The van der Waals surface area contributed by atoms with Crippen LogP contribution in [0.4, 0.5) is 5.69 Å². The first-order valence-corrected chi connectivity index (χ1v) is 19.4. The molecule has 0 atom stereocenters. The number of nitrogens with zero attached hydrogens (tertiary/aromatic N) is 1. The summed E-state index contributed by atoms with van der Waals surface area (Å²) in [6.45, 7) is 2.15. The van der Waals surface area contributed by atoms with Crippen molar-refractivity contribution in [3.8, 4) is 5.69 Å². The first-order chi connectivity index (χ1) is 26.1. The molecule has 11 aromatic rings. The SMILES string of the molecule is Cc1ccc(-n2c3ccccc3c3c4c(ccc32)c2ccccc2c2sc3ccccc3c24)cc1.N=C(c1ccccc1)c1sc2ccccc2c1N. The monoisotopic (exact) mass is 715 g/mol. The molecule has 3 aromatic heterocycles. The van der Waals surface area contributed by atoms with Crippen LogP contribution >= 0.6 is 22.7 Å². The second-order valence-corrected chi connectivity index (χ2v) is 15.6. The summed E-state index contributed by atoms with van der Waals surface area (Å²) < 4.78 is 6.29. The van der Waals surface area contributed by atoms with E-state index in [1.807, 2.05) is 65.9 Å². The van der Waals surface area contributed by atoms with Crippen molar-refractivity contribution in [1.82, 2.24) is 4.57 Å². The Balaban J connectivity index is 0.000000164. The fraction of sp³-hybridized carbons (Fsp3) is 0.0208. The van der Waals surface area contributed by atoms with Crippen LogP contribution in [0.1, 0.15) is 16.0 Å². The van der Waals surface area contributed by atoms with Crippen molar-refractivity contribution in [2.45, 2.75) is 6.92 Å². The third-order valence-corrected chi connectivity index (χ3v) is 12.8. The molecule has 3 nitrogen and oxygen atoms in total. The predicted molar refractivity (Wildman–Crippen MR) is 232 cm³/mol. The first-order valence-electron chi connectivity index (χ1n) is 17.7. The van der Waals surface area contributed by atoms with Gasteiger partial charge in [-0.2, -0.15) is 0 Å². The van der Waals surface area contributed by atoms with Gasteiger partial charge in [0.05, 0.1) is 27.3 Å². The summed E-state index contributed by atoms with van der Waals surface area (Å²) in [6.07, 6.45) is 0. The lowest BCUT2D eigenvalue weighted by Crippen LogP contribution is -2.01. The highest BCUT2D eigenvalue weighted by Gasteiger charge is 2.20. The largest absolute Gasteiger partial charge is 0.397 e. The van der Waals surface area contributed by atoms with E-state index in [0.29, 0.717) is 11.4 Å². The van der Waals surface area contributed by atoms with Crippen molar-refractivity contribution >= 4 is 108 Å². The van der Waals surface area contributed by atoms with Crippen molar-refractivity contribution in [2.75, 3.05) is 5.73 Å². The highest BCUT2D eigenvalue weighted by Crippen LogP contribution is 2.48. The van der Waals surface area contributed by atoms with Gasteiger partial charge in [0, 0.05) is 63.1 Å². The van der Waals surface area contributed by atoms with Gasteiger partial charge in [-0.05, 0) is 54.1 Å². The molecule has 0 saturated heterocycles. The van der Waals surface area contributed by atoms with Crippen LogP contribution in [-0.4, -0.2) is 10.3 Å². The Kier molecular flexibility index (Phi) is 7.39. The van der Waals surface area contributed by atoms with Crippen molar-refractivity contribution in [2.24, 2.45) is 0 Å². The Labute approximate surface area is 314 Å². The maximum atomic E-state index is 8.27. The smallest absolute Gasteiger partial charge is 0.0805 e. The number of para-hydroxylation sites is 1. The number of aromatic nitrogens is 1. The molecule has 0 aliphatic heterocycles. The zero-order valence-electron chi connectivity index (χ0n) is 28.9. The fourth-order valence-electron chi connectivity index (χ4n) is 7.90. The topological polar surface area (TPSA) is 54.8 Å². The molecule has 0 spiro atoms. The minimum atomic E-state index is 0.495. The minimum absolute atomic E-state index is 0.495. The summed E-state index contributed by atoms with van der Waals surface area (Å²) in [4.78, 5) is 0.849. The number of thiophene rings is 2. The van der Waals surface area contributed by atoms with Crippen molar-refractivity contribution in [1.29, 1.82) is 5.41 Å². The average Bonchev–Trinajstić information content (AvgIpc) is 3.88. The number of benzene rings is 8. The van der Waals surface area contributed by atoms with Crippen LogP contribution in [0, 0.1) is 12.3 Å². The van der Waals surface area contributed by atoms with Gasteiger partial charge in [0.15, 0.2) is 0 Å². The summed E-state index contributed by atoms with van der Waals surface area (Å²) in [5.41, 5.74) is 13.2. The molecule has 3 heterocycles. The van der Waals surface area contributed by atoms with Crippen LogP contribution in [-0.2, 0) is 0 Å². The molecule has 0 saturated carbocycles. The number of nitrogens with two attached hydrogens (primary N) is 1. The Bertz CT molecular complexity index is 3200. The molecule has 53 heavy (non-hydrogen) atoms. The number of nitrogen functional groups attached to an aromatic ring is 1. The number of hydrogen-bond donors (Lipinski definition) is 2. The van der Waals surface area contributed by atoms with Crippen molar-refractivity contribution in [3.63, 3.8) is 0 Å². The van der Waals surface area contributed by atoms with Crippen LogP contribution in [0.5, 0.6) is 0 Å². The van der Waals surface area contributed by atoms with Crippen LogP contribution in [0.15, 0.2) is 164 Å². The Hall–Kier alpha value is -6.27. The van der Waals surface area contributed by atoms with E-state index in [1.54, 1.807) is 11.3 Å². The lowest BCUT2D eigenvalue weighted by molar-refractivity contribution is 1.18. The highest BCUT2D eigenvalue weighted by molar-refractivity contribution is 7.27. The van der Waals surface area contributed by atoms with E-state index in [0.717, 1.165) is 20.5 Å². The van der Waals surface area contributed by atoms with Crippen LogP contribution in [0.3, 0.4) is 0 Å². The summed E-state index contributed by atoms with van der Waals surface area (Å²) in [5, 5.41) is 20.1. The molecule has 0 bridgehead atoms. The second kappa shape index (κ2) is 12.4. The normalized spacial score (nSPS) is 11.6. The van der Waals surface area contributed by atoms with Gasteiger partial charge in [0.1, 0.15) is 0 Å². The zero-order chi connectivity index (χ0) is 35.6. The van der Waals surface area contributed by atoms with Crippen molar-refractivity contribution in [3.05, 3.63) is 180 Å². The Morgan fingerprint density at radius 3 is 1.83 bits per heavy atom. The summed E-state index contributed by atoms with van der Waals surface area (Å²) in [7, 11) is 0. The van der Waals surface area contributed by atoms with E-state index >= 15 is 0 Å². The third kappa shape index (κ3) is 4.96. The molecule has 8 aromatic carbocycles. The molecular formula is C48H33N3S2. The van der Waals surface area contributed by atoms with E-state index in [-0.39, 0.29) is 0 Å². The molecule has 0 amide bonds. The minimum Gasteiger partial charge on any atom is -0.397 e. The van der Waals surface area contributed by atoms with E-state index < -0.39 is 0 Å². The van der Waals surface area contributed by atoms with Crippen LogP contribution < -0.4 is 5.73 Å². The van der Waals surface area contributed by atoms with Crippen LogP contribution in [0.25, 0.3) is 79.3 Å². The lowest BCUT2D eigenvalue weighted by Gasteiger charge is -2.11. The number of nitrogens with one attached hydrogen (secondary N) is 1. The lowest BCUT2D eigenvalue weighted by atomic mass is 9.94. The van der Waals surface area contributed by atoms with Crippen LogP contribution in [0.2, 0.25) is 0 Å². The van der Waals surface area contributed by atoms with E-state index in [9.17, 15) is 0 Å². The average molecular weight is 716 g/mol. The maximum Gasteiger partial charge on any atom is 0.0805 e. The molecule has 0 aliphatic rings. The quantitative estimate of drug-likeness (QED) is 0.139.